The largest absolute Gasteiger partial charge is 0.364 e. The fraction of sp³-hybridized carbons (Fsp3) is 0.364. The van der Waals surface area contributed by atoms with Gasteiger partial charge in [0.25, 0.3) is 5.91 Å². The highest BCUT2D eigenvalue weighted by molar-refractivity contribution is 5.97. The molecule has 1 saturated heterocycles. The number of hydrogen-bond acceptors (Lipinski definition) is 4. The first-order valence-electron chi connectivity index (χ1n) is 9.77. The van der Waals surface area contributed by atoms with Gasteiger partial charge in [-0.05, 0) is 48.6 Å². The van der Waals surface area contributed by atoms with E-state index in [0.29, 0.717) is 25.1 Å². The average Bonchev–Trinajstić information content (AvgIpc) is 3.36. The van der Waals surface area contributed by atoms with Crippen molar-refractivity contribution in [2.45, 2.75) is 37.9 Å². The van der Waals surface area contributed by atoms with E-state index in [1.165, 1.54) is 5.56 Å². The maximum Gasteiger partial charge on any atom is 0.253 e. The number of rotatable bonds is 5. The third-order valence-electron chi connectivity index (χ3n) is 5.43. The van der Waals surface area contributed by atoms with Gasteiger partial charge in [-0.15, -0.1) is 12.4 Å². The summed E-state index contributed by atoms with van der Waals surface area (Å²) in [7, 11) is 0. The van der Waals surface area contributed by atoms with Gasteiger partial charge in [0, 0.05) is 24.5 Å². The first kappa shape index (κ1) is 21.3. The highest BCUT2D eigenvalue weighted by Crippen LogP contribution is 2.28. The van der Waals surface area contributed by atoms with Crippen LogP contribution in [0.3, 0.4) is 0 Å². The molecule has 2 amide bonds. The predicted molar refractivity (Wildman–Crippen MR) is 115 cm³/mol. The fourth-order valence-electron chi connectivity index (χ4n) is 3.87. The average molecular weight is 416 g/mol. The Labute approximate surface area is 176 Å². The molecular formula is C22H26ClN3O3. The quantitative estimate of drug-likeness (QED) is 0.786. The lowest BCUT2D eigenvalue weighted by molar-refractivity contribution is -0.126. The number of halogens is 1. The van der Waals surface area contributed by atoms with Gasteiger partial charge < -0.3 is 20.7 Å². The van der Waals surface area contributed by atoms with E-state index in [1.54, 1.807) is 0 Å². The van der Waals surface area contributed by atoms with Gasteiger partial charge in [-0.1, -0.05) is 30.3 Å². The SMILES string of the molecule is Cl.NC[C@H]1CC[C@@H](C(=O)Nc2ccc(CC(=O)N3CCc4ccccc43)cc2)O1. The van der Waals surface area contributed by atoms with Gasteiger partial charge >= 0.3 is 0 Å². The second-order valence-electron chi connectivity index (χ2n) is 7.35. The number of para-hydroxylation sites is 1. The van der Waals surface area contributed by atoms with Crippen molar-refractivity contribution in [3.05, 3.63) is 59.7 Å². The third-order valence-corrected chi connectivity index (χ3v) is 5.43. The summed E-state index contributed by atoms with van der Waals surface area (Å²) in [5.74, 6) is -0.0534. The summed E-state index contributed by atoms with van der Waals surface area (Å²) in [5.41, 5.74) is 9.45. The van der Waals surface area contributed by atoms with E-state index in [2.05, 4.69) is 11.4 Å². The Hall–Kier alpha value is -2.41. The second kappa shape index (κ2) is 9.39. The van der Waals surface area contributed by atoms with E-state index in [4.69, 9.17) is 10.5 Å². The molecule has 0 spiro atoms. The Bertz CT molecular complexity index is 872. The molecule has 2 heterocycles. The highest BCUT2D eigenvalue weighted by atomic mass is 35.5. The molecule has 2 atom stereocenters. The minimum absolute atomic E-state index is 0. The van der Waals surface area contributed by atoms with E-state index >= 15 is 0 Å². The summed E-state index contributed by atoms with van der Waals surface area (Å²) in [5, 5.41) is 2.88. The van der Waals surface area contributed by atoms with Crippen LogP contribution in [-0.2, 0) is 27.2 Å². The molecule has 7 heteroatoms. The Morgan fingerprint density at radius 1 is 1.10 bits per heavy atom. The monoisotopic (exact) mass is 415 g/mol. The van der Waals surface area contributed by atoms with Crippen LogP contribution in [0.25, 0.3) is 0 Å². The molecular weight excluding hydrogens is 390 g/mol. The lowest BCUT2D eigenvalue weighted by Gasteiger charge is -2.17. The van der Waals surface area contributed by atoms with Crippen molar-refractivity contribution in [2.75, 3.05) is 23.3 Å². The minimum atomic E-state index is -0.440. The zero-order valence-corrected chi connectivity index (χ0v) is 17.0. The molecule has 0 aromatic heterocycles. The molecule has 2 aromatic rings. The van der Waals surface area contributed by atoms with Crippen molar-refractivity contribution in [3.8, 4) is 0 Å². The van der Waals surface area contributed by atoms with Crippen LogP contribution in [0.15, 0.2) is 48.5 Å². The summed E-state index contributed by atoms with van der Waals surface area (Å²) in [6, 6.07) is 15.5. The van der Waals surface area contributed by atoms with Crippen LogP contribution in [0.5, 0.6) is 0 Å². The number of fused-ring (bicyclic) bond motifs is 1. The van der Waals surface area contributed by atoms with Gasteiger partial charge in [0.05, 0.1) is 12.5 Å². The molecule has 6 nitrogen and oxygen atoms in total. The number of nitrogens with two attached hydrogens (primary N) is 1. The van der Waals surface area contributed by atoms with Gasteiger partial charge in [-0.2, -0.15) is 0 Å². The summed E-state index contributed by atoms with van der Waals surface area (Å²) in [4.78, 5) is 26.9. The summed E-state index contributed by atoms with van der Waals surface area (Å²) < 4.78 is 5.62. The normalized spacial score (nSPS) is 20.1. The molecule has 2 aromatic carbocycles. The molecule has 29 heavy (non-hydrogen) atoms. The number of carbonyl (C=O) groups is 2. The van der Waals surface area contributed by atoms with Gasteiger partial charge in [-0.3, -0.25) is 9.59 Å². The minimum Gasteiger partial charge on any atom is -0.364 e. The number of ether oxygens (including phenoxy) is 1. The van der Waals surface area contributed by atoms with Crippen LogP contribution in [0.2, 0.25) is 0 Å². The molecule has 0 bridgehead atoms. The number of amides is 2. The summed E-state index contributed by atoms with van der Waals surface area (Å²) in [6.07, 6.45) is 2.28. The van der Waals surface area contributed by atoms with Crippen LogP contribution in [0.4, 0.5) is 11.4 Å². The zero-order valence-electron chi connectivity index (χ0n) is 16.2. The molecule has 0 aliphatic carbocycles. The molecule has 2 aliphatic rings. The number of anilines is 2. The Morgan fingerprint density at radius 2 is 1.86 bits per heavy atom. The van der Waals surface area contributed by atoms with Crippen molar-refractivity contribution in [1.29, 1.82) is 0 Å². The first-order chi connectivity index (χ1) is 13.6. The third kappa shape index (κ3) is 4.78. The van der Waals surface area contributed by atoms with Crippen molar-refractivity contribution in [2.24, 2.45) is 5.73 Å². The lowest BCUT2D eigenvalue weighted by Crippen LogP contribution is -2.30. The molecule has 1 fully saturated rings. The molecule has 0 radical (unpaired) electrons. The van der Waals surface area contributed by atoms with Crippen LogP contribution < -0.4 is 16.0 Å². The number of carbonyl (C=O) groups excluding carboxylic acids is 2. The highest BCUT2D eigenvalue weighted by Gasteiger charge is 2.30. The number of nitrogens with zero attached hydrogens (tertiary/aromatic N) is 1. The predicted octanol–water partition coefficient (Wildman–Crippen LogP) is 2.69. The summed E-state index contributed by atoms with van der Waals surface area (Å²) >= 11 is 0. The van der Waals surface area contributed by atoms with E-state index < -0.39 is 6.10 Å². The Kier molecular flexibility index (Phi) is 6.90. The molecule has 2 aliphatic heterocycles. The maximum absolute atomic E-state index is 12.7. The van der Waals surface area contributed by atoms with E-state index in [9.17, 15) is 9.59 Å². The van der Waals surface area contributed by atoms with Crippen LogP contribution >= 0.6 is 12.4 Å². The van der Waals surface area contributed by atoms with E-state index in [-0.39, 0.29) is 30.3 Å². The number of benzene rings is 2. The van der Waals surface area contributed by atoms with Gasteiger partial charge in [0.15, 0.2) is 0 Å². The first-order valence-corrected chi connectivity index (χ1v) is 9.77. The van der Waals surface area contributed by atoms with Crippen LogP contribution in [0, 0.1) is 0 Å². The molecule has 0 saturated carbocycles. The van der Waals surface area contributed by atoms with Gasteiger partial charge in [-0.25, -0.2) is 0 Å². The summed E-state index contributed by atoms with van der Waals surface area (Å²) in [6.45, 7) is 1.17. The molecule has 0 unspecified atom stereocenters. The molecule has 154 valence electrons. The number of nitrogens with one attached hydrogen (secondary N) is 1. The van der Waals surface area contributed by atoms with E-state index in [1.807, 2.05) is 47.4 Å². The zero-order chi connectivity index (χ0) is 19.5. The van der Waals surface area contributed by atoms with E-state index in [0.717, 1.165) is 30.6 Å². The fourth-order valence-corrected chi connectivity index (χ4v) is 3.87. The maximum atomic E-state index is 12.7. The smallest absolute Gasteiger partial charge is 0.253 e. The molecule has 4 rings (SSSR count). The van der Waals surface area contributed by atoms with Crippen molar-refractivity contribution in [1.82, 2.24) is 0 Å². The van der Waals surface area contributed by atoms with Crippen molar-refractivity contribution >= 4 is 35.6 Å². The topological polar surface area (TPSA) is 84.7 Å². The Balaban J connectivity index is 0.00000240. The van der Waals surface area contributed by atoms with Crippen LogP contribution in [0.1, 0.15) is 24.0 Å². The molecule has 3 N–H and O–H groups in total. The second-order valence-corrected chi connectivity index (χ2v) is 7.35. The van der Waals surface area contributed by atoms with Gasteiger partial charge in [0.2, 0.25) is 5.91 Å². The lowest BCUT2D eigenvalue weighted by atomic mass is 10.1. The van der Waals surface area contributed by atoms with Crippen molar-refractivity contribution in [3.63, 3.8) is 0 Å². The van der Waals surface area contributed by atoms with Crippen molar-refractivity contribution < 1.29 is 14.3 Å². The number of hydrogen-bond donors (Lipinski definition) is 2. The van der Waals surface area contributed by atoms with Crippen LogP contribution in [-0.4, -0.2) is 37.1 Å². The standard InChI is InChI=1S/C22H25N3O3.ClH/c23-14-18-9-10-20(28-18)22(27)24-17-7-5-15(6-8-17)13-21(26)25-12-11-16-3-1-2-4-19(16)25;/h1-8,18,20H,9-14,23H2,(H,24,27);1H/t18-,20+;/m1./s1. The van der Waals surface area contributed by atoms with Gasteiger partial charge in [0.1, 0.15) is 6.10 Å². The Morgan fingerprint density at radius 3 is 2.59 bits per heavy atom.